The number of carbonyl (C=O) groups is 1. The zero-order chi connectivity index (χ0) is 11.5. The zero-order valence-corrected chi connectivity index (χ0v) is 9.18. The topological polar surface area (TPSA) is 72.1 Å². The highest BCUT2D eigenvalue weighted by Gasteiger charge is 2.16. The molecule has 84 valence electrons. The fourth-order valence-electron chi connectivity index (χ4n) is 1.69. The Labute approximate surface area is 94.0 Å². The molecular formula is C11H14N4O. The monoisotopic (exact) mass is 218 g/mol. The molecule has 0 atom stereocenters. The lowest BCUT2D eigenvalue weighted by Crippen LogP contribution is -2.32. The average Bonchev–Trinajstić information content (AvgIpc) is 2.29. The van der Waals surface area contributed by atoms with Crippen LogP contribution < -0.4 is 5.73 Å². The summed E-state index contributed by atoms with van der Waals surface area (Å²) in [6.07, 6.45) is 4.42. The number of anilines is 1. The van der Waals surface area contributed by atoms with E-state index in [4.69, 9.17) is 5.73 Å². The molecule has 2 heterocycles. The molecule has 1 aromatic heterocycles. The Morgan fingerprint density at radius 3 is 2.94 bits per heavy atom. The predicted molar refractivity (Wildman–Crippen MR) is 61.3 cm³/mol. The fourth-order valence-corrected chi connectivity index (χ4v) is 1.69. The summed E-state index contributed by atoms with van der Waals surface area (Å²) in [5.74, 6) is 1.24. The first-order chi connectivity index (χ1) is 7.66. The molecule has 1 aliphatic heterocycles. The average molecular weight is 218 g/mol. The van der Waals surface area contributed by atoms with Crippen LogP contribution >= 0.6 is 0 Å². The van der Waals surface area contributed by atoms with Gasteiger partial charge < -0.3 is 10.6 Å². The van der Waals surface area contributed by atoms with Crippen molar-refractivity contribution in [3.05, 3.63) is 24.2 Å². The Kier molecular flexibility index (Phi) is 2.85. The summed E-state index contributed by atoms with van der Waals surface area (Å²) in [4.78, 5) is 21.3. The van der Waals surface area contributed by atoms with Gasteiger partial charge in [-0.25, -0.2) is 9.97 Å². The third-order valence-corrected chi connectivity index (χ3v) is 2.62. The number of carbonyl (C=O) groups excluding carboxylic acids is 1. The minimum Gasteiger partial charge on any atom is -0.384 e. The van der Waals surface area contributed by atoms with Crippen LogP contribution in [0.1, 0.15) is 19.2 Å². The molecule has 0 fully saturated rings. The van der Waals surface area contributed by atoms with Gasteiger partial charge in [-0.2, -0.15) is 0 Å². The van der Waals surface area contributed by atoms with E-state index in [1.165, 1.54) is 0 Å². The van der Waals surface area contributed by atoms with E-state index in [0.29, 0.717) is 18.2 Å². The van der Waals surface area contributed by atoms with Crippen molar-refractivity contribution < 1.29 is 4.79 Å². The van der Waals surface area contributed by atoms with Crippen LogP contribution in [0.3, 0.4) is 0 Å². The predicted octanol–water partition coefficient (Wildman–Crippen LogP) is 0.694. The Morgan fingerprint density at radius 2 is 2.38 bits per heavy atom. The second-order valence-corrected chi connectivity index (χ2v) is 3.75. The van der Waals surface area contributed by atoms with Gasteiger partial charge in [-0.15, -0.1) is 0 Å². The van der Waals surface area contributed by atoms with E-state index >= 15 is 0 Å². The van der Waals surface area contributed by atoms with Crippen LogP contribution in [0.25, 0.3) is 5.57 Å². The molecule has 1 aromatic rings. The first-order valence-corrected chi connectivity index (χ1v) is 5.20. The number of amides is 1. The molecule has 0 spiro atoms. The van der Waals surface area contributed by atoms with E-state index < -0.39 is 0 Å². The fraction of sp³-hybridized carbons (Fsp3) is 0.364. The lowest BCUT2D eigenvalue weighted by Gasteiger charge is -2.24. The molecule has 5 heteroatoms. The van der Waals surface area contributed by atoms with Gasteiger partial charge in [-0.3, -0.25) is 4.79 Å². The maximum Gasteiger partial charge on any atom is 0.219 e. The molecule has 0 unspecified atom stereocenters. The number of hydrogen-bond acceptors (Lipinski definition) is 4. The van der Waals surface area contributed by atoms with Crippen molar-refractivity contribution in [2.24, 2.45) is 0 Å². The van der Waals surface area contributed by atoms with Gasteiger partial charge in [0.15, 0.2) is 5.82 Å². The van der Waals surface area contributed by atoms with Gasteiger partial charge in [0.1, 0.15) is 5.82 Å². The van der Waals surface area contributed by atoms with E-state index in [1.807, 2.05) is 6.08 Å². The Morgan fingerprint density at radius 1 is 1.56 bits per heavy atom. The molecule has 16 heavy (non-hydrogen) atoms. The van der Waals surface area contributed by atoms with Crippen LogP contribution in [0.2, 0.25) is 0 Å². The Balaban J connectivity index is 2.16. The van der Waals surface area contributed by atoms with E-state index in [2.05, 4.69) is 9.97 Å². The molecule has 0 radical (unpaired) electrons. The molecule has 0 aliphatic carbocycles. The number of rotatable bonds is 1. The Bertz CT molecular complexity index is 441. The number of nitrogens with zero attached hydrogens (tertiary/aromatic N) is 3. The minimum absolute atomic E-state index is 0.101. The number of nitrogen functional groups attached to an aromatic ring is 1. The standard InChI is InChI=1S/C11H14N4O/c1-8(16)15-6-3-9(4-7-15)11-13-5-2-10(12)14-11/h2-3,5H,4,6-7H2,1H3,(H2,12,13,14). The van der Waals surface area contributed by atoms with Crippen LogP contribution in [-0.4, -0.2) is 33.9 Å². The van der Waals surface area contributed by atoms with E-state index in [9.17, 15) is 4.79 Å². The molecular weight excluding hydrogens is 204 g/mol. The molecule has 0 saturated heterocycles. The summed E-state index contributed by atoms with van der Waals surface area (Å²) >= 11 is 0. The van der Waals surface area contributed by atoms with Gasteiger partial charge in [-0.05, 0) is 18.1 Å². The van der Waals surface area contributed by atoms with Crippen molar-refractivity contribution in [1.82, 2.24) is 14.9 Å². The van der Waals surface area contributed by atoms with Gasteiger partial charge in [0, 0.05) is 26.2 Å². The van der Waals surface area contributed by atoms with Crippen molar-refractivity contribution >= 4 is 17.3 Å². The van der Waals surface area contributed by atoms with Crippen LogP contribution in [0, 0.1) is 0 Å². The lowest BCUT2D eigenvalue weighted by molar-refractivity contribution is -0.128. The van der Waals surface area contributed by atoms with E-state index in [-0.39, 0.29) is 5.91 Å². The molecule has 0 saturated carbocycles. The molecule has 5 nitrogen and oxygen atoms in total. The van der Waals surface area contributed by atoms with Gasteiger partial charge >= 0.3 is 0 Å². The maximum atomic E-state index is 11.1. The first kappa shape index (κ1) is 10.6. The minimum atomic E-state index is 0.101. The SMILES string of the molecule is CC(=O)N1CC=C(c2nccc(N)n2)CC1. The highest BCUT2D eigenvalue weighted by atomic mass is 16.2. The highest BCUT2D eigenvalue weighted by Crippen LogP contribution is 2.19. The molecule has 0 bridgehead atoms. The summed E-state index contributed by atoms with van der Waals surface area (Å²) in [7, 11) is 0. The van der Waals surface area contributed by atoms with Crippen LogP contribution in [0.5, 0.6) is 0 Å². The Hall–Kier alpha value is -1.91. The number of aromatic nitrogens is 2. The molecule has 2 N–H and O–H groups in total. The van der Waals surface area contributed by atoms with E-state index in [0.717, 1.165) is 18.5 Å². The van der Waals surface area contributed by atoms with Crippen molar-refractivity contribution in [3.63, 3.8) is 0 Å². The zero-order valence-electron chi connectivity index (χ0n) is 9.18. The second-order valence-electron chi connectivity index (χ2n) is 3.75. The summed E-state index contributed by atoms with van der Waals surface area (Å²) in [5, 5.41) is 0. The third-order valence-electron chi connectivity index (χ3n) is 2.62. The quantitative estimate of drug-likeness (QED) is 0.753. The lowest BCUT2D eigenvalue weighted by atomic mass is 10.1. The molecule has 2 rings (SSSR count). The summed E-state index contributed by atoms with van der Waals surface area (Å²) in [6.45, 7) is 2.93. The van der Waals surface area contributed by atoms with Gasteiger partial charge in [0.2, 0.25) is 5.91 Å². The summed E-state index contributed by atoms with van der Waals surface area (Å²) < 4.78 is 0. The smallest absolute Gasteiger partial charge is 0.219 e. The molecule has 1 amide bonds. The molecule has 1 aliphatic rings. The van der Waals surface area contributed by atoms with Crippen molar-refractivity contribution in [2.75, 3.05) is 18.8 Å². The largest absolute Gasteiger partial charge is 0.384 e. The number of nitrogens with two attached hydrogens (primary N) is 1. The van der Waals surface area contributed by atoms with Crippen LogP contribution in [-0.2, 0) is 4.79 Å². The van der Waals surface area contributed by atoms with Crippen molar-refractivity contribution in [1.29, 1.82) is 0 Å². The maximum absolute atomic E-state index is 11.1. The van der Waals surface area contributed by atoms with Gasteiger partial charge in [-0.1, -0.05) is 6.08 Å². The van der Waals surface area contributed by atoms with E-state index in [1.54, 1.807) is 24.1 Å². The van der Waals surface area contributed by atoms with Crippen molar-refractivity contribution in [3.8, 4) is 0 Å². The van der Waals surface area contributed by atoms with Crippen molar-refractivity contribution in [2.45, 2.75) is 13.3 Å². The first-order valence-electron chi connectivity index (χ1n) is 5.20. The third kappa shape index (κ3) is 2.18. The van der Waals surface area contributed by atoms with Gasteiger partial charge in [0.25, 0.3) is 0 Å². The molecule has 0 aromatic carbocycles. The second kappa shape index (κ2) is 4.30. The van der Waals surface area contributed by atoms with Gasteiger partial charge in [0.05, 0.1) is 0 Å². The normalized spacial score (nSPS) is 15.8. The van der Waals surface area contributed by atoms with Crippen LogP contribution in [0.4, 0.5) is 5.82 Å². The summed E-state index contributed by atoms with van der Waals surface area (Å²) in [6, 6.07) is 1.66. The highest BCUT2D eigenvalue weighted by molar-refractivity contribution is 5.75. The number of hydrogen-bond donors (Lipinski definition) is 1. The van der Waals surface area contributed by atoms with Crippen LogP contribution in [0.15, 0.2) is 18.3 Å². The summed E-state index contributed by atoms with van der Waals surface area (Å²) in [5.41, 5.74) is 6.66.